The first-order valence-electron chi connectivity index (χ1n) is 11.3. The fourth-order valence-corrected chi connectivity index (χ4v) is 5.19. The molecule has 186 valence electrons. The first-order valence-corrected chi connectivity index (χ1v) is 12.8. The van der Waals surface area contributed by atoms with Crippen molar-refractivity contribution in [3.8, 4) is 0 Å². The number of carbonyl (C=O) groups excluding carboxylic acids is 2. The van der Waals surface area contributed by atoms with Crippen LogP contribution >= 0.6 is 0 Å². The fraction of sp³-hybridized carbons (Fsp3) is 0.652. The molecule has 0 saturated carbocycles. The number of sulfonamides is 1. The van der Waals surface area contributed by atoms with Crippen molar-refractivity contribution in [2.75, 3.05) is 13.1 Å². The van der Waals surface area contributed by atoms with Gasteiger partial charge < -0.3 is 20.5 Å². The van der Waals surface area contributed by atoms with Crippen molar-refractivity contribution < 1.29 is 27.9 Å². The SMILES string of the molecule is CC(C)C[C@H](NC(=O)OC(C)(C)C)C(=O)NC1CCCN(S(=O)(=O)c2ccccc2)CC1O. The predicted molar refractivity (Wildman–Crippen MR) is 125 cm³/mol. The Labute approximate surface area is 196 Å². The van der Waals surface area contributed by atoms with Crippen LogP contribution < -0.4 is 10.6 Å². The molecule has 1 fully saturated rings. The average molecular weight is 484 g/mol. The zero-order valence-corrected chi connectivity index (χ0v) is 20.9. The normalized spacial score (nSPS) is 21.2. The number of aliphatic hydroxyl groups is 1. The first kappa shape index (κ1) is 27.1. The van der Waals surface area contributed by atoms with Crippen molar-refractivity contribution in [1.29, 1.82) is 0 Å². The van der Waals surface area contributed by atoms with E-state index in [0.717, 1.165) is 0 Å². The van der Waals surface area contributed by atoms with E-state index in [-0.39, 0.29) is 23.9 Å². The molecule has 2 amide bonds. The molecule has 1 aliphatic rings. The highest BCUT2D eigenvalue weighted by molar-refractivity contribution is 7.89. The molecule has 3 atom stereocenters. The second-order valence-corrected chi connectivity index (χ2v) is 11.8. The van der Waals surface area contributed by atoms with E-state index < -0.39 is 45.8 Å². The topological polar surface area (TPSA) is 125 Å². The smallest absolute Gasteiger partial charge is 0.408 e. The van der Waals surface area contributed by atoms with Crippen molar-refractivity contribution >= 4 is 22.0 Å². The molecular weight excluding hydrogens is 446 g/mol. The van der Waals surface area contributed by atoms with Gasteiger partial charge in [-0.3, -0.25) is 4.79 Å². The Hall–Kier alpha value is -2.17. The lowest BCUT2D eigenvalue weighted by Crippen LogP contribution is -2.54. The predicted octanol–water partition coefficient (Wildman–Crippen LogP) is 2.26. The molecule has 2 unspecified atom stereocenters. The minimum absolute atomic E-state index is 0.126. The van der Waals surface area contributed by atoms with Crippen molar-refractivity contribution in [2.24, 2.45) is 5.92 Å². The summed E-state index contributed by atoms with van der Waals surface area (Å²) in [6.07, 6.45) is -0.500. The summed E-state index contributed by atoms with van der Waals surface area (Å²) >= 11 is 0. The summed E-state index contributed by atoms with van der Waals surface area (Å²) in [7, 11) is -3.75. The maximum Gasteiger partial charge on any atom is 0.408 e. The number of hydrogen-bond donors (Lipinski definition) is 3. The van der Waals surface area contributed by atoms with Crippen LogP contribution in [-0.4, -0.2) is 66.7 Å². The number of rotatable bonds is 7. The van der Waals surface area contributed by atoms with Crippen LogP contribution in [0, 0.1) is 5.92 Å². The molecule has 0 aromatic heterocycles. The van der Waals surface area contributed by atoms with Gasteiger partial charge >= 0.3 is 6.09 Å². The highest BCUT2D eigenvalue weighted by atomic mass is 32.2. The van der Waals surface area contributed by atoms with Crippen LogP contribution in [0.15, 0.2) is 35.2 Å². The van der Waals surface area contributed by atoms with Gasteiger partial charge in [-0.25, -0.2) is 13.2 Å². The number of amides is 2. The Bertz CT molecular complexity index is 899. The third-order valence-corrected chi connectivity index (χ3v) is 7.08. The van der Waals surface area contributed by atoms with Crippen LogP contribution in [-0.2, 0) is 19.6 Å². The van der Waals surface area contributed by atoms with Gasteiger partial charge in [0, 0.05) is 13.1 Å². The molecule has 1 aliphatic heterocycles. The van der Waals surface area contributed by atoms with Crippen molar-refractivity contribution in [3.63, 3.8) is 0 Å². The lowest BCUT2D eigenvalue weighted by atomic mass is 10.0. The summed E-state index contributed by atoms with van der Waals surface area (Å²) in [6, 6.07) is 6.60. The maximum absolute atomic E-state index is 13.0. The van der Waals surface area contributed by atoms with Crippen LogP contribution in [0.2, 0.25) is 0 Å². The molecule has 33 heavy (non-hydrogen) atoms. The molecule has 1 aromatic carbocycles. The number of hydrogen-bond acceptors (Lipinski definition) is 6. The van der Waals surface area contributed by atoms with Gasteiger partial charge in [0.15, 0.2) is 0 Å². The van der Waals surface area contributed by atoms with Crippen LogP contribution in [0.1, 0.15) is 53.9 Å². The molecule has 0 spiro atoms. The monoisotopic (exact) mass is 483 g/mol. The number of carbonyl (C=O) groups is 2. The van der Waals surface area contributed by atoms with Gasteiger partial charge in [-0.05, 0) is 58.1 Å². The van der Waals surface area contributed by atoms with E-state index in [1.165, 1.54) is 16.4 Å². The van der Waals surface area contributed by atoms with Crippen LogP contribution in [0.3, 0.4) is 0 Å². The number of ether oxygens (including phenoxy) is 1. The molecule has 0 aliphatic carbocycles. The summed E-state index contributed by atoms with van der Waals surface area (Å²) in [5.41, 5.74) is -0.700. The zero-order chi connectivity index (χ0) is 24.8. The van der Waals surface area contributed by atoms with Gasteiger partial charge in [0.05, 0.1) is 17.0 Å². The van der Waals surface area contributed by atoms with Crippen molar-refractivity contribution in [3.05, 3.63) is 30.3 Å². The van der Waals surface area contributed by atoms with E-state index in [4.69, 9.17) is 4.74 Å². The lowest BCUT2D eigenvalue weighted by molar-refractivity contribution is -0.125. The molecule has 3 N–H and O–H groups in total. The van der Waals surface area contributed by atoms with E-state index in [1.54, 1.807) is 39.0 Å². The van der Waals surface area contributed by atoms with Gasteiger partial charge in [0.2, 0.25) is 15.9 Å². The van der Waals surface area contributed by atoms with Crippen LogP contribution in [0.25, 0.3) is 0 Å². The summed E-state index contributed by atoms with van der Waals surface area (Å²) < 4.78 is 32.4. The van der Waals surface area contributed by atoms with Crippen LogP contribution in [0.4, 0.5) is 4.79 Å². The molecule has 1 saturated heterocycles. The number of benzene rings is 1. The summed E-state index contributed by atoms with van der Waals surface area (Å²) in [5.74, 6) is -0.306. The molecule has 2 rings (SSSR count). The second kappa shape index (κ2) is 11.3. The largest absolute Gasteiger partial charge is 0.444 e. The van der Waals surface area contributed by atoms with Gasteiger partial charge in [-0.15, -0.1) is 0 Å². The van der Waals surface area contributed by atoms with Gasteiger partial charge in [-0.2, -0.15) is 4.31 Å². The standard InChI is InChI=1S/C23H37N3O6S/c1-16(2)14-19(25-22(29)32-23(3,4)5)21(28)24-18-12-9-13-26(15-20(18)27)33(30,31)17-10-7-6-8-11-17/h6-8,10-11,16,18-20,27H,9,12-15H2,1-5H3,(H,24,28)(H,25,29)/t18?,19-,20?/m0/s1. The second-order valence-electron chi connectivity index (χ2n) is 9.83. The van der Waals surface area contributed by atoms with E-state index in [1.807, 2.05) is 13.8 Å². The maximum atomic E-state index is 13.0. The number of nitrogens with zero attached hydrogens (tertiary/aromatic N) is 1. The zero-order valence-electron chi connectivity index (χ0n) is 20.1. The third kappa shape index (κ3) is 8.28. The van der Waals surface area contributed by atoms with Gasteiger partial charge in [0.1, 0.15) is 11.6 Å². The summed E-state index contributed by atoms with van der Waals surface area (Å²) in [5, 5.41) is 16.2. The molecule has 1 aromatic rings. The average Bonchev–Trinajstić information content (AvgIpc) is 2.88. The number of β-amino-alcohol motifs (C(OH)–C–C–N with tert-alkyl or cyclic N) is 1. The fourth-order valence-electron chi connectivity index (χ4n) is 3.67. The number of nitrogens with one attached hydrogen (secondary N) is 2. The summed E-state index contributed by atoms with van der Waals surface area (Å²) in [6.45, 7) is 9.19. The van der Waals surface area contributed by atoms with Gasteiger partial charge in [-0.1, -0.05) is 32.0 Å². The van der Waals surface area contributed by atoms with E-state index in [2.05, 4.69) is 10.6 Å². The Morgan fingerprint density at radius 1 is 1.21 bits per heavy atom. The van der Waals surface area contributed by atoms with E-state index >= 15 is 0 Å². The van der Waals surface area contributed by atoms with Crippen molar-refractivity contribution in [2.45, 2.75) is 82.6 Å². The van der Waals surface area contributed by atoms with E-state index in [9.17, 15) is 23.1 Å². The first-order chi connectivity index (χ1) is 15.3. The molecule has 9 nitrogen and oxygen atoms in total. The molecule has 10 heteroatoms. The molecule has 1 heterocycles. The Kier molecular flexibility index (Phi) is 9.28. The minimum Gasteiger partial charge on any atom is -0.444 e. The highest BCUT2D eigenvalue weighted by Gasteiger charge is 2.34. The third-order valence-electron chi connectivity index (χ3n) is 5.20. The van der Waals surface area contributed by atoms with Crippen LogP contribution in [0.5, 0.6) is 0 Å². The number of aliphatic hydroxyl groups excluding tert-OH is 1. The molecule has 0 bridgehead atoms. The Morgan fingerprint density at radius 2 is 1.85 bits per heavy atom. The Morgan fingerprint density at radius 3 is 2.42 bits per heavy atom. The van der Waals surface area contributed by atoms with Crippen molar-refractivity contribution in [1.82, 2.24) is 14.9 Å². The highest BCUT2D eigenvalue weighted by Crippen LogP contribution is 2.21. The molecule has 0 radical (unpaired) electrons. The number of alkyl carbamates (subject to hydrolysis) is 1. The van der Waals surface area contributed by atoms with E-state index in [0.29, 0.717) is 19.3 Å². The molecular formula is C23H37N3O6S. The summed E-state index contributed by atoms with van der Waals surface area (Å²) in [4.78, 5) is 25.4. The minimum atomic E-state index is -3.75. The lowest BCUT2D eigenvalue weighted by Gasteiger charge is -2.28. The Balaban J connectivity index is 2.07. The quantitative estimate of drug-likeness (QED) is 0.546. The van der Waals surface area contributed by atoms with Gasteiger partial charge in [0.25, 0.3) is 0 Å².